The van der Waals surface area contributed by atoms with Crippen LogP contribution in [0.15, 0.2) is 91.0 Å². The Morgan fingerprint density at radius 3 is 0.879 bits per heavy atom. The van der Waals surface area contributed by atoms with Gasteiger partial charge >= 0.3 is 12.2 Å². The number of amides is 2. The second kappa shape index (κ2) is 37.1. The van der Waals surface area contributed by atoms with Crippen molar-refractivity contribution < 1.29 is 84.3 Å². The highest BCUT2D eigenvalue weighted by Gasteiger charge is 2.61. The predicted octanol–water partition coefficient (Wildman–Crippen LogP) is 19.9. The molecule has 0 aromatic heterocycles. The number of carbonyl (C=O) groups excluding carboxylic acids is 2. The molecule has 10 fully saturated rings. The zero-order valence-corrected chi connectivity index (χ0v) is 75.8. The highest BCUT2D eigenvalue weighted by atomic mass is 16.5. The van der Waals surface area contributed by atoms with Gasteiger partial charge in [-0.2, -0.15) is 0 Å². The molecular weight excluding hydrogens is 1560 g/mol. The highest BCUT2D eigenvalue weighted by Crippen LogP contribution is 2.69. The summed E-state index contributed by atoms with van der Waals surface area (Å²) in [5.41, 5.74) is 13.5. The Balaban J connectivity index is 0.000000115. The number of aliphatic hydroxyl groups is 5. The number of aromatic hydroxyl groups is 5. The fraction of sp³-hybridized carbons (Fsp3) is 0.695. The Bertz CT molecular complexity index is 4440. The van der Waals surface area contributed by atoms with Crippen LogP contribution >= 0.6 is 0 Å². The van der Waals surface area contributed by atoms with E-state index in [1.807, 2.05) is 48.5 Å². The van der Waals surface area contributed by atoms with E-state index in [0.717, 1.165) is 159 Å². The molecule has 0 bridgehead atoms. The van der Waals surface area contributed by atoms with E-state index < -0.39 is 12.2 Å². The molecule has 5 aromatic rings. The molecule has 0 heterocycles. The number of fused-ring (bicyclic) bond motifs is 25. The zero-order valence-electron chi connectivity index (χ0n) is 75.8. The molecule has 680 valence electrons. The minimum absolute atomic E-state index is 0.0237. The molecule has 19 nitrogen and oxygen atoms in total. The van der Waals surface area contributed by atoms with Crippen molar-refractivity contribution in [2.24, 2.45) is 86.3 Å². The summed E-state index contributed by atoms with van der Waals surface area (Å²) in [7, 11) is 8.05. The molecule has 0 radical (unpaired) electrons. The average Bonchev–Trinajstić information content (AvgIpc) is 1.54. The van der Waals surface area contributed by atoms with E-state index >= 15 is 0 Å². The summed E-state index contributed by atoms with van der Waals surface area (Å²) in [6.07, 6.45) is 29.9. The molecule has 30 atom stereocenters. The van der Waals surface area contributed by atoms with Crippen LogP contribution in [-0.2, 0) is 23.7 Å². The van der Waals surface area contributed by atoms with Gasteiger partial charge in [0.05, 0.1) is 50.8 Å². The molecule has 15 aliphatic carbocycles. The summed E-state index contributed by atoms with van der Waals surface area (Å²) in [4.78, 5) is 23.2. The predicted molar refractivity (Wildman–Crippen MR) is 479 cm³/mol. The summed E-state index contributed by atoms with van der Waals surface area (Å²) >= 11 is 0. The van der Waals surface area contributed by atoms with Crippen molar-refractivity contribution >= 4 is 12.2 Å². The van der Waals surface area contributed by atoms with Crippen molar-refractivity contribution in [3.8, 4) is 28.7 Å². The summed E-state index contributed by atoms with van der Waals surface area (Å²) in [6.45, 7) is 14.1. The van der Waals surface area contributed by atoms with E-state index in [1.165, 1.54) is 110 Å². The number of benzene rings is 5. The number of nitrogens with one attached hydrogen (secondary N) is 2. The fourth-order valence-electron chi connectivity index (χ4n) is 30.9. The zero-order chi connectivity index (χ0) is 87.6. The van der Waals surface area contributed by atoms with Gasteiger partial charge in [-0.05, 0) is 424 Å². The first-order valence-corrected chi connectivity index (χ1v) is 48.2. The van der Waals surface area contributed by atoms with E-state index in [-0.39, 0.29) is 87.0 Å². The number of phenols is 5. The SMILES string of the molecule is COC(=O)NC[C@@H]1C[C@@H]2[C@H](CC[C@]3(C)[C@@H](O)CC[C@@H]23)c2ccc(O)cc21.COC(=O)NC[C@H]1C[C@@H]2[C@H](CC[C@]3(C)[C@@H](O)CC[C@@H]23)c2ccc(O)cc21.COCCCC[C@@H]1C[C@@H]2[C@H](CC[C@]3(C)[C@@H](O)CC[C@@H]23)c2ccc(O)cc21.COCC[C@@H]1C[C@@H]2[C@H](CC[C@]3(C)[C@@H](O)CC[C@@H]23)c2ccc(O)cc21.CO[C@@H]1C[C@@H]2[C@H](CC[C@]3(C)[C@@H](O)CC[C@@H]23)c2ccc(O)cc21. The third-order valence-electron chi connectivity index (χ3n) is 37.6. The van der Waals surface area contributed by atoms with Crippen LogP contribution in [0.5, 0.6) is 28.7 Å². The van der Waals surface area contributed by atoms with Gasteiger partial charge in [0.15, 0.2) is 0 Å². The number of rotatable bonds is 13. The summed E-state index contributed by atoms with van der Waals surface area (Å²) in [6, 6.07) is 29.3. The Hall–Kier alpha value is -6.68. The maximum atomic E-state index is 11.6. The largest absolute Gasteiger partial charge is 0.508 e. The molecule has 0 spiro atoms. The number of methoxy groups -OCH3 is 5. The molecule has 10 saturated carbocycles. The fourth-order valence-corrected chi connectivity index (χ4v) is 30.9. The number of unbranched alkanes of at least 4 members (excludes halogenated alkanes) is 1. The van der Waals surface area contributed by atoms with Crippen LogP contribution in [0.4, 0.5) is 9.59 Å². The first-order valence-electron chi connectivity index (χ1n) is 48.2. The molecule has 19 heteroatoms. The van der Waals surface area contributed by atoms with Crippen LogP contribution in [0.3, 0.4) is 0 Å². The van der Waals surface area contributed by atoms with E-state index in [9.17, 15) is 60.7 Å². The molecule has 0 unspecified atom stereocenters. The van der Waals surface area contributed by atoms with Crippen molar-refractivity contribution in [1.29, 1.82) is 0 Å². The molecule has 0 aliphatic heterocycles. The van der Waals surface area contributed by atoms with E-state index in [1.54, 1.807) is 33.5 Å². The maximum Gasteiger partial charge on any atom is 0.406 e. The van der Waals surface area contributed by atoms with Gasteiger partial charge in [0.25, 0.3) is 0 Å². The first-order chi connectivity index (χ1) is 59.5. The van der Waals surface area contributed by atoms with Gasteiger partial charge in [-0.1, -0.05) is 71.4 Å². The maximum absolute atomic E-state index is 11.6. The third kappa shape index (κ3) is 16.8. The Morgan fingerprint density at radius 1 is 0.323 bits per heavy atom. The quantitative estimate of drug-likeness (QED) is 0.0488. The number of ether oxygens (including phenoxy) is 5. The van der Waals surface area contributed by atoms with E-state index in [2.05, 4.69) is 75.6 Å². The molecule has 12 N–H and O–H groups in total. The number of hydrogen-bond acceptors (Lipinski definition) is 17. The van der Waals surface area contributed by atoms with Crippen molar-refractivity contribution in [2.45, 2.75) is 311 Å². The second-order valence-electron chi connectivity index (χ2n) is 42.8. The Labute approximate surface area is 737 Å². The van der Waals surface area contributed by atoms with Crippen molar-refractivity contribution in [3.05, 3.63) is 147 Å². The lowest BCUT2D eigenvalue weighted by Crippen LogP contribution is -2.45. The minimum atomic E-state index is -0.418. The summed E-state index contributed by atoms with van der Waals surface area (Å²) in [5.74, 6) is 11.7. The standard InChI is InChI=1S/C23H34O3.2C21H29NO4.C21H30O3.C19H26O3/c1-23-11-10-18-17-7-6-16(24)14-19(17)15(5-3-4-12-26-2)13-20(18)21(23)8-9-22(23)25;2*1-21-8-7-15-14-4-3-13(23)10-16(14)12(11-22-20(25)26-2)9-17(15)18(21)5-6-19(21)24;1-21-9-7-16-15-4-3-14(22)12-17(15)13(8-10-24-2)11-18(16)19(21)5-6-20(21)23;1-19-8-7-13-12-4-3-11(20)9-15(12)17(22-2)10-14(13)16(19)5-6-18(19)21/h6-7,14-15,18,20-22,24-25H,3-5,8-13H2,1-2H3;2*3-4,10,12,15,17-19,23-24H,5-9,11H2,1-2H3,(H,22,25);3-4,12-13,16,18-20,22-23H,5-11H2,1-2H3;3-4,9,13-14,16-18,20-21H,5-8,10H2,1-2H3/t15-,18-,20-,21+,22+,23+;12-,15+,17+,18-,19-,21-;12-,15-,17-,18+,19+,21+;13-,16-,18-,19+,20+,21+;13-,14-,16+,17-,18+,19+/m10111/s1. The topological polar surface area (TPSA) is 307 Å². The number of alkyl carbamates (subject to hydrolysis) is 2. The van der Waals surface area contributed by atoms with Gasteiger partial charge in [0, 0.05) is 59.5 Å². The molecular formula is C105H148N2O17. The molecule has 20 rings (SSSR count). The Kier molecular flexibility index (Phi) is 27.1. The van der Waals surface area contributed by atoms with Gasteiger partial charge in [-0.25, -0.2) is 9.59 Å². The minimum Gasteiger partial charge on any atom is -0.508 e. The normalized spacial score (nSPS) is 39.6. The van der Waals surface area contributed by atoms with Crippen LogP contribution in [0.2, 0.25) is 0 Å². The molecule has 15 aliphatic rings. The Morgan fingerprint density at radius 2 is 0.589 bits per heavy atom. The first kappa shape index (κ1) is 90.7. The van der Waals surface area contributed by atoms with Crippen molar-refractivity contribution in [1.82, 2.24) is 10.6 Å². The van der Waals surface area contributed by atoms with Gasteiger partial charge in [0.2, 0.25) is 0 Å². The molecule has 2 amide bonds. The van der Waals surface area contributed by atoms with Crippen LogP contribution in [-0.4, -0.2) is 156 Å². The number of hydrogen-bond donors (Lipinski definition) is 12. The highest BCUT2D eigenvalue weighted by molar-refractivity contribution is 5.67. The van der Waals surface area contributed by atoms with Crippen LogP contribution < -0.4 is 10.6 Å². The monoisotopic (exact) mass is 1710 g/mol. The lowest BCUT2D eigenvalue weighted by molar-refractivity contribution is -0.0432. The lowest BCUT2D eigenvalue weighted by atomic mass is 9.53. The molecule has 0 saturated heterocycles. The summed E-state index contributed by atoms with van der Waals surface area (Å²) in [5, 5.41) is 108. The smallest absolute Gasteiger partial charge is 0.406 e. The van der Waals surface area contributed by atoms with Crippen molar-refractivity contribution in [3.63, 3.8) is 0 Å². The molecule has 124 heavy (non-hydrogen) atoms. The third-order valence-corrected chi connectivity index (χ3v) is 37.6. The van der Waals surface area contributed by atoms with Gasteiger partial charge in [-0.15, -0.1) is 0 Å². The average molecular weight is 1710 g/mol. The van der Waals surface area contributed by atoms with Crippen LogP contribution in [0.25, 0.3) is 0 Å². The van der Waals surface area contributed by atoms with E-state index in [0.29, 0.717) is 131 Å². The van der Waals surface area contributed by atoms with E-state index in [4.69, 9.17) is 23.7 Å². The number of aliphatic hydroxyl groups excluding tert-OH is 5. The van der Waals surface area contributed by atoms with Gasteiger partial charge in [0.1, 0.15) is 28.7 Å². The van der Waals surface area contributed by atoms with Gasteiger partial charge in [-0.3, -0.25) is 0 Å². The lowest BCUT2D eigenvalue weighted by Gasteiger charge is -2.51. The number of carbonyl (C=O) groups is 2. The molecule has 5 aromatic carbocycles. The van der Waals surface area contributed by atoms with Gasteiger partial charge < -0.3 is 85.4 Å². The summed E-state index contributed by atoms with van der Waals surface area (Å²) < 4.78 is 25.8. The van der Waals surface area contributed by atoms with Crippen LogP contribution in [0.1, 0.15) is 336 Å². The number of phenolic OH excluding ortho intramolecular Hbond substituents is 5. The van der Waals surface area contributed by atoms with Crippen molar-refractivity contribution in [2.75, 3.05) is 61.9 Å². The second-order valence-corrected chi connectivity index (χ2v) is 42.8. The van der Waals surface area contributed by atoms with Crippen LogP contribution in [0, 0.1) is 86.3 Å².